The maximum absolute atomic E-state index is 11.9. The highest BCUT2D eigenvalue weighted by Gasteiger charge is 2.59. The van der Waals surface area contributed by atoms with Gasteiger partial charge in [0.1, 0.15) is 0 Å². The number of nitrogens with zero attached hydrogens (tertiary/aromatic N) is 1. The standard InChI is InChI=1S/C12H21NO2S/c1-11(2)7-13(10(14)6-16-3)8-12(11,15)9-4-5-9/h9,15H,4-8H2,1-3H3/t12-/m1/s1. The van der Waals surface area contributed by atoms with Crippen LogP contribution in [0.4, 0.5) is 0 Å². The van der Waals surface area contributed by atoms with Crippen LogP contribution in [0.5, 0.6) is 0 Å². The molecule has 0 aromatic carbocycles. The maximum Gasteiger partial charge on any atom is 0.232 e. The highest BCUT2D eigenvalue weighted by molar-refractivity contribution is 7.99. The average molecular weight is 243 g/mol. The Morgan fingerprint density at radius 1 is 1.44 bits per heavy atom. The topological polar surface area (TPSA) is 40.5 Å². The van der Waals surface area contributed by atoms with E-state index < -0.39 is 5.60 Å². The summed E-state index contributed by atoms with van der Waals surface area (Å²) >= 11 is 1.55. The number of likely N-dealkylation sites (tertiary alicyclic amines) is 1. The molecule has 2 rings (SSSR count). The van der Waals surface area contributed by atoms with Crippen molar-refractivity contribution in [1.29, 1.82) is 0 Å². The number of hydrogen-bond acceptors (Lipinski definition) is 3. The molecule has 1 heterocycles. The van der Waals surface area contributed by atoms with E-state index in [1.54, 1.807) is 11.8 Å². The Hall–Kier alpha value is -0.220. The largest absolute Gasteiger partial charge is 0.387 e. The monoisotopic (exact) mass is 243 g/mol. The molecule has 92 valence electrons. The third-order valence-corrected chi connectivity index (χ3v) is 4.60. The van der Waals surface area contributed by atoms with Crippen molar-refractivity contribution >= 4 is 17.7 Å². The Morgan fingerprint density at radius 3 is 2.56 bits per heavy atom. The molecule has 0 radical (unpaired) electrons. The van der Waals surface area contributed by atoms with Crippen LogP contribution in [0.2, 0.25) is 0 Å². The van der Waals surface area contributed by atoms with E-state index in [-0.39, 0.29) is 11.3 Å². The summed E-state index contributed by atoms with van der Waals surface area (Å²) in [6, 6.07) is 0. The van der Waals surface area contributed by atoms with Gasteiger partial charge in [-0.2, -0.15) is 11.8 Å². The molecule has 0 aromatic rings. The summed E-state index contributed by atoms with van der Waals surface area (Å²) in [6.07, 6.45) is 4.17. The van der Waals surface area contributed by atoms with Gasteiger partial charge in [-0.25, -0.2) is 0 Å². The highest BCUT2D eigenvalue weighted by atomic mass is 32.2. The fourth-order valence-corrected chi connectivity index (χ4v) is 3.24. The van der Waals surface area contributed by atoms with Crippen LogP contribution in [0.1, 0.15) is 26.7 Å². The van der Waals surface area contributed by atoms with Gasteiger partial charge in [0.05, 0.1) is 17.9 Å². The predicted molar refractivity (Wildman–Crippen MR) is 66.4 cm³/mol. The summed E-state index contributed by atoms with van der Waals surface area (Å²) in [5.41, 5.74) is -0.816. The first kappa shape index (κ1) is 12.2. The van der Waals surface area contributed by atoms with Crippen molar-refractivity contribution in [3.8, 4) is 0 Å². The van der Waals surface area contributed by atoms with E-state index >= 15 is 0 Å². The smallest absolute Gasteiger partial charge is 0.232 e. The van der Waals surface area contributed by atoms with E-state index in [4.69, 9.17) is 0 Å². The van der Waals surface area contributed by atoms with E-state index in [1.165, 1.54) is 0 Å². The summed E-state index contributed by atoms with van der Waals surface area (Å²) in [6.45, 7) is 5.39. The number of carbonyl (C=O) groups is 1. The Kier molecular flexibility index (Phi) is 2.99. The maximum atomic E-state index is 11.9. The van der Waals surface area contributed by atoms with Crippen LogP contribution in [0.25, 0.3) is 0 Å². The first-order chi connectivity index (χ1) is 7.40. The number of hydrogen-bond donors (Lipinski definition) is 1. The number of carbonyl (C=O) groups excluding carboxylic acids is 1. The van der Waals surface area contributed by atoms with Crippen LogP contribution in [0, 0.1) is 11.3 Å². The normalized spacial score (nSPS) is 33.1. The molecule has 16 heavy (non-hydrogen) atoms. The lowest BCUT2D eigenvalue weighted by atomic mass is 9.75. The van der Waals surface area contributed by atoms with Gasteiger partial charge in [0.25, 0.3) is 0 Å². The number of rotatable bonds is 3. The van der Waals surface area contributed by atoms with Gasteiger partial charge in [-0.05, 0) is 25.0 Å². The predicted octanol–water partition coefficient (Wildman–Crippen LogP) is 1.36. The van der Waals surface area contributed by atoms with Gasteiger partial charge < -0.3 is 10.0 Å². The average Bonchev–Trinajstić information content (AvgIpc) is 2.96. The summed E-state index contributed by atoms with van der Waals surface area (Å²) in [7, 11) is 0. The molecule has 1 saturated heterocycles. The van der Waals surface area contributed by atoms with Crippen molar-refractivity contribution in [2.24, 2.45) is 11.3 Å². The van der Waals surface area contributed by atoms with Crippen LogP contribution >= 0.6 is 11.8 Å². The van der Waals surface area contributed by atoms with Gasteiger partial charge in [0, 0.05) is 12.0 Å². The summed E-state index contributed by atoms with van der Waals surface area (Å²) in [5.74, 6) is 1.10. The van der Waals surface area contributed by atoms with Crippen LogP contribution < -0.4 is 0 Å². The van der Waals surface area contributed by atoms with Crippen LogP contribution in [0.3, 0.4) is 0 Å². The fourth-order valence-electron chi connectivity index (χ4n) is 2.81. The second kappa shape index (κ2) is 3.91. The van der Waals surface area contributed by atoms with E-state index in [0.29, 0.717) is 24.8 Å². The fraction of sp³-hybridized carbons (Fsp3) is 0.917. The number of thioether (sulfide) groups is 1. The van der Waals surface area contributed by atoms with Gasteiger partial charge in [-0.15, -0.1) is 0 Å². The SMILES string of the molecule is CSCC(=O)N1CC(C)(C)[C@](O)(C2CC2)C1. The highest BCUT2D eigenvalue weighted by Crippen LogP contribution is 2.52. The number of β-amino-alcohol motifs (C(OH)–C–C–N with tert-alkyl or cyclic N) is 1. The second-order valence-corrected chi connectivity index (χ2v) is 6.63. The zero-order valence-corrected chi connectivity index (χ0v) is 11.1. The molecule has 0 spiro atoms. The molecule has 1 amide bonds. The van der Waals surface area contributed by atoms with Crippen molar-refractivity contribution in [2.75, 3.05) is 25.1 Å². The lowest BCUT2D eigenvalue weighted by Gasteiger charge is -2.35. The third-order valence-electron chi connectivity index (χ3n) is 4.06. The Morgan fingerprint density at radius 2 is 2.06 bits per heavy atom. The minimum absolute atomic E-state index is 0.164. The molecule has 3 nitrogen and oxygen atoms in total. The minimum atomic E-state index is -0.652. The van der Waals surface area contributed by atoms with Gasteiger partial charge >= 0.3 is 0 Å². The Balaban J connectivity index is 2.10. The Labute approximate surface area is 102 Å². The molecule has 2 fully saturated rings. The van der Waals surface area contributed by atoms with Crippen molar-refractivity contribution in [3.05, 3.63) is 0 Å². The molecule has 1 aliphatic heterocycles. The quantitative estimate of drug-likeness (QED) is 0.813. The van der Waals surface area contributed by atoms with Crippen molar-refractivity contribution < 1.29 is 9.90 Å². The van der Waals surface area contributed by atoms with Crippen molar-refractivity contribution in [2.45, 2.75) is 32.3 Å². The summed E-state index contributed by atoms with van der Waals surface area (Å²) < 4.78 is 0. The molecule has 0 bridgehead atoms. The zero-order chi connectivity index (χ0) is 12.0. The van der Waals surface area contributed by atoms with Crippen molar-refractivity contribution in [3.63, 3.8) is 0 Å². The first-order valence-electron chi connectivity index (χ1n) is 5.90. The van der Waals surface area contributed by atoms with Gasteiger partial charge in [0.2, 0.25) is 5.91 Å². The molecule has 4 heteroatoms. The molecule has 1 aliphatic carbocycles. The summed E-state index contributed by atoms with van der Waals surface area (Å²) in [5, 5.41) is 10.7. The Bertz CT molecular complexity index is 301. The lowest BCUT2D eigenvalue weighted by molar-refractivity contribution is -0.128. The van der Waals surface area contributed by atoms with E-state index in [0.717, 1.165) is 12.8 Å². The second-order valence-electron chi connectivity index (χ2n) is 5.77. The molecular weight excluding hydrogens is 222 g/mol. The van der Waals surface area contributed by atoms with E-state index in [9.17, 15) is 9.90 Å². The van der Waals surface area contributed by atoms with Crippen LogP contribution in [0.15, 0.2) is 0 Å². The molecule has 0 unspecified atom stereocenters. The van der Waals surface area contributed by atoms with Gasteiger partial charge in [0.15, 0.2) is 0 Å². The molecule has 0 aromatic heterocycles. The molecule has 1 atom stereocenters. The molecule has 1 N–H and O–H groups in total. The number of aliphatic hydroxyl groups is 1. The lowest BCUT2D eigenvalue weighted by Crippen LogP contribution is -2.46. The molecule has 2 aliphatic rings. The van der Waals surface area contributed by atoms with Gasteiger partial charge in [-0.3, -0.25) is 4.79 Å². The molecule has 1 saturated carbocycles. The van der Waals surface area contributed by atoms with Crippen LogP contribution in [-0.2, 0) is 4.79 Å². The van der Waals surface area contributed by atoms with E-state index in [2.05, 4.69) is 13.8 Å². The van der Waals surface area contributed by atoms with E-state index in [1.807, 2.05) is 11.2 Å². The number of amides is 1. The molecular formula is C12H21NO2S. The van der Waals surface area contributed by atoms with Gasteiger partial charge in [-0.1, -0.05) is 13.8 Å². The van der Waals surface area contributed by atoms with Crippen LogP contribution in [-0.4, -0.2) is 46.6 Å². The third kappa shape index (κ3) is 1.86. The summed E-state index contributed by atoms with van der Waals surface area (Å²) in [4.78, 5) is 13.7. The minimum Gasteiger partial charge on any atom is -0.387 e. The van der Waals surface area contributed by atoms with Crippen molar-refractivity contribution in [1.82, 2.24) is 4.90 Å². The first-order valence-corrected chi connectivity index (χ1v) is 7.29. The zero-order valence-electron chi connectivity index (χ0n) is 10.3.